The normalized spacial score (nSPS) is 12.3. The van der Waals surface area contributed by atoms with Crippen molar-refractivity contribution in [3.05, 3.63) is 59.8 Å². The Morgan fingerprint density at radius 3 is 2.65 bits per heavy atom. The molecular formula is C15H15FO3S. The molecule has 106 valence electrons. The molecule has 0 saturated carbocycles. The zero-order chi connectivity index (χ0) is 14.4. The van der Waals surface area contributed by atoms with Gasteiger partial charge >= 0.3 is 0 Å². The van der Waals surface area contributed by atoms with Crippen molar-refractivity contribution in [1.29, 1.82) is 0 Å². The molecule has 0 spiro atoms. The highest BCUT2D eigenvalue weighted by Crippen LogP contribution is 2.33. The molecule has 0 saturated heterocycles. The summed E-state index contributed by atoms with van der Waals surface area (Å²) < 4.78 is 18.0. The summed E-state index contributed by atoms with van der Waals surface area (Å²) in [6, 6.07) is 9.37. The van der Waals surface area contributed by atoms with Crippen molar-refractivity contribution in [2.75, 3.05) is 12.4 Å². The van der Waals surface area contributed by atoms with Crippen LogP contribution in [0, 0.1) is 5.82 Å². The molecule has 0 aliphatic rings. The fourth-order valence-electron chi connectivity index (χ4n) is 1.85. The highest BCUT2D eigenvalue weighted by Gasteiger charge is 2.19. The van der Waals surface area contributed by atoms with Crippen molar-refractivity contribution in [3.8, 4) is 0 Å². The van der Waals surface area contributed by atoms with Crippen LogP contribution in [0.1, 0.15) is 27.8 Å². The topological polar surface area (TPSA) is 50.4 Å². The Kier molecular flexibility index (Phi) is 5.38. The van der Waals surface area contributed by atoms with E-state index in [1.54, 1.807) is 24.3 Å². The second kappa shape index (κ2) is 7.26. The number of furan rings is 1. The zero-order valence-corrected chi connectivity index (χ0v) is 11.6. The van der Waals surface area contributed by atoms with E-state index in [1.807, 2.05) is 0 Å². The molecular weight excluding hydrogens is 279 g/mol. The number of thioether (sulfide) groups is 1. The van der Waals surface area contributed by atoms with E-state index in [0.717, 1.165) is 5.56 Å². The van der Waals surface area contributed by atoms with Gasteiger partial charge in [0.05, 0.1) is 12.9 Å². The maximum absolute atomic E-state index is 13.0. The molecule has 0 bridgehead atoms. The molecule has 0 fully saturated rings. The van der Waals surface area contributed by atoms with E-state index < -0.39 is 0 Å². The lowest BCUT2D eigenvalue weighted by molar-refractivity contribution is 0.0955. The summed E-state index contributed by atoms with van der Waals surface area (Å²) >= 11 is 1.47. The monoisotopic (exact) mass is 294 g/mol. The van der Waals surface area contributed by atoms with Crippen LogP contribution < -0.4 is 0 Å². The van der Waals surface area contributed by atoms with Gasteiger partial charge in [0.2, 0.25) is 0 Å². The summed E-state index contributed by atoms with van der Waals surface area (Å²) in [5, 5.41) is 8.82. The third kappa shape index (κ3) is 3.95. The number of carbonyl (C=O) groups is 1. The van der Waals surface area contributed by atoms with Crippen LogP contribution in [-0.4, -0.2) is 23.2 Å². The molecule has 1 atom stereocenters. The fraction of sp³-hybridized carbons (Fsp3) is 0.267. The van der Waals surface area contributed by atoms with Gasteiger partial charge in [-0.2, -0.15) is 11.8 Å². The van der Waals surface area contributed by atoms with Gasteiger partial charge in [-0.3, -0.25) is 4.79 Å². The summed E-state index contributed by atoms with van der Waals surface area (Å²) in [7, 11) is 0. The van der Waals surface area contributed by atoms with Crippen LogP contribution in [0.4, 0.5) is 4.39 Å². The van der Waals surface area contributed by atoms with E-state index in [2.05, 4.69) is 0 Å². The molecule has 1 aromatic heterocycles. The number of aliphatic hydroxyl groups is 1. The Balaban J connectivity index is 2.11. The van der Waals surface area contributed by atoms with Gasteiger partial charge in [0.1, 0.15) is 5.82 Å². The van der Waals surface area contributed by atoms with E-state index in [-0.39, 0.29) is 29.9 Å². The van der Waals surface area contributed by atoms with Gasteiger partial charge in [-0.25, -0.2) is 4.39 Å². The summed E-state index contributed by atoms with van der Waals surface area (Å²) in [4.78, 5) is 12.1. The lowest BCUT2D eigenvalue weighted by Crippen LogP contribution is -2.06. The molecule has 1 heterocycles. The number of ketones is 1. The minimum Gasteiger partial charge on any atom is -0.461 e. The maximum Gasteiger partial charge on any atom is 0.199 e. The van der Waals surface area contributed by atoms with E-state index in [1.165, 1.54) is 30.2 Å². The number of hydrogen-bond acceptors (Lipinski definition) is 4. The molecule has 2 rings (SSSR count). The minimum absolute atomic E-state index is 0.0390. The smallest absolute Gasteiger partial charge is 0.199 e. The number of aliphatic hydroxyl groups excluding tert-OH is 1. The Labute approximate surface area is 120 Å². The summed E-state index contributed by atoms with van der Waals surface area (Å²) in [6.07, 6.45) is 1.71. The van der Waals surface area contributed by atoms with Crippen LogP contribution in [0.3, 0.4) is 0 Å². The molecule has 1 aromatic carbocycles. The Morgan fingerprint density at radius 1 is 1.30 bits per heavy atom. The number of carbonyl (C=O) groups excluding carboxylic acids is 1. The first-order valence-corrected chi connectivity index (χ1v) is 7.30. The van der Waals surface area contributed by atoms with Crippen molar-refractivity contribution in [1.82, 2.24) is 0 Å². The molecule has 2 aromatic rings. The van der Waals surface area contributed by atoms with Crippen LogP contribution in [0.15, 0.2) is 47.1 Å². The quantitative estimate of drug-likeness (QED) is 0.795. The molecule has 0 aliphatic heterocycles. The molecule has 0 amide bonds. The van der Waals surface area contributed by atoms with Crippen molar-refractivity contribution < 1.29 is 18.7 Å². The Morgan fingerprint density at radius 2 is 2.05 bits per heavy atom. The zero-order valence-electron chi connectivity index (χ0n) is 10.8. The first-order chi connectivity index (χ1) is 9.70. The summed E-state index contributed by atoms with van der Waals surface area (Å²) in [6.45, 7) is 0.0390. The summed E-state index contributed by atoms with van der Waals surface area (Å²) in [5.41, 5.74) is 0.866. The van der Waals surface area contributed by atoms with Gasteiger partial charge in [-0.05, 0) is 29.8 Å². The third-order valence-corrected chi connectivity index (χ3v) is 4.08. The van der Waals surface area contributed by atoms with Crippen molar-refractivity contribution in [3.63, 3.8) is 0 Å². The average molecular weight is 294 g/mol. The summed E-state index contributed by atoms with van der Waals surface area (Å²) in [5.74, 6) is 0.432. The lowest BCUT2D eigenvalue weighted by Gasteiger charge is -2.15. The number of rotatable bonds is 7. The molecule has 5 heteroatoms. The second-order valence-corrected chi connectivity index (χ2v) is 5.55. The van der Waals surface area contributed by atoms with E-state index >= 15 is 0 Å². The molecule has 0 radical (unpaired) electrons. The van der Waals surface area contributed by atoms with Crippen LogP contribution in [0.25, 0.3) is 0 Å². The number of halogens is 1. The van der Waals surface area contributed by atoms with Gasteiger partial charge in [0, 0.05) is 17.4 Å². The fourth-order valence-corrected chi connectivity index (χ4v) is 2.86. The molecule has 20 heavy (non-hydrogen) atoms. The Hall–Kier alpha value is -1.59. The average Bonchev–Trinajstić information content (AvgIpc) is 2.98. The van der Waals surface area contributed by atoms with E-state index in [9.17, 15) is 9.18 Å². The number of benzene rings is 1. The van der Waals surface area contributed by atoms with Gasteiger partial charge in [-0.1, -0.05) is 12.1 Å². The van der Waals surface area contributed by atoms with Crippen LogP contribution in [0.2, 0.25) is 0 Å². The van der Waals surface area contributed by atoms with Gasteiger partial charge in [0.15, 0.2) is 11.5 Å². The van der Waals surface area contributed by atoms with Crippen molar-refractivity contribution in [2.24, 2.45) is 0 Å². The first kappa shape index (κ1) is 14.8. The van der Waals surface area contributed by atoms with E-state index in [0.29, 0.717) is 11.5 Å². The predicted molar refractivity (Wildman–Crippen MR) is 76.3 cm³/mol. The van der Waals surface area contributed by atoms with Crippen molar-refractivity contribution in [2.45, 2.75) is 11.7 Å². The van der Waals surface area contributed by atoms with E-state index in [4.69, 9.17) is 9.52 Å². The number of hydrogen-bond donors (Lipinski definition) is 1. The highest BCUT2D eigenvalue weighted by atomic mass is 32.2. The highest BCUT2D eigenvalue weighted by molar-refractivity contribution is 7.99. The SMILES string of the molecule is O=C(C[C@@H](SCCO)c1ccc(F)cc1)c1ccco1. The van der Waals surface area contributed by atoms with Gasteiger partial charge in [-0.15, -0.1) is 0 Å². The van der Waals surface area contributed by atoms with Gasteiger partial charge in [0.25, 0.3) is 0 Å². The largest absolute Gasteiger partial charge is 0.461 e. The molecule has 3 nitrogen and oxygen atoms in total. The van der Waals surface area contributed by atoms with Crippen LogP contribution in [-0.2, 0) is 0 Å². The minimum atomic E-state index is -0.308. The molecule has 1 N–H and O–H groups in total. The lowest BCUT2D eigenvalue weighted by atomic mass is 10.1. The second-order valence-electron chi connectivity index (χ2n) is 4.24. The van der Waals surface area contributed by atoms with Crippen LogP contribution in [0.5, 0.6) is 0 Å². The third-order valence-electron chi connectivity index (χ3n) is 2.82. The number of Topliss-reactive ketones (excluding diaryl/α,β-unsaturated/α-hetero) is 1. The molecule has 0 unspecified atom stereocenters. The first-order valence-electron chi connectivity index (χ1n) is 6.25. The predicted octanol–water partition coefficient (Wildman–Crippen LogP) is 3.46. The van der Waals surface area contributed by atoms with Crippen LogP contribution >= 0.6 is 11.8 Å². The van der Waals surface area contributed by atoms with Gasteiger partial charge < -0.3 is 9.52 Å². The molecule has 0 aliphatic carbocycles. The standard InChI is InChI=1S/C15H15FO3S/c16-12-5-3-11(4-6-12)15(20-9-7-17)10-13(18)14-2-1-8-19-14/h1-6,8,15,17H,7,9-10H2/t15-/m1/s1. The Bertz CT molecular complexity index is 537. The van der Waals surface area contributed by atoms with Crippen molar-refractivity contribution >= 4 is 17.5 Å². The maximum atomic E-state index is 13.0.